The molecule has 3 rings (SSSR count). The molecule has 0 saturated carbocycles. The molecule has 1 aromatic carbocycles. The maximum Gasteiger partial charge on any atom is 0.306 e. The standard InChI is InChI=1S/C15H16N2O4/c18-14(19)8-10-9-17(6-7-21-10)15(20)12-2-1-3-13-11(12)4-5-16-13/h1-5,10,16H,6-9H2,(H,18,19). The summed E-state index contributed by atoms with van der Waals surface area (Å²) < 4.78 is 5.40. The zero-order valence-corrected chi connectivity index (χ0v) is 11.4. The van der Waals surface area contributed by atoms with Crippen molar-refractivity contribution in [1.82, 2.24) is 9.88 Å². The van der Waals surface area contributed by atoms with Crippen LogP contribution in [0.15, 0.2) is 30.5 Å². The van der Waals surface area contributed by atoms with Crippen LogP contribution in [0.2, 0.25) is 0 Å². The van der Waals surface area contributed by atoms with Crippen molar-refractivity contribution in [1.29, 1.82) is 0 Å². The van der Waals surface area contributed by atoms with E-state index in [1.165, 1.54) is 0 Å². The van der Waals surface area contributed by atoms with E-state index in [4.69, 9.17) is 9.84 Å². The van der Waals surface area contributed by atoms with Crippen LogP contribution in [0.3, 0.4) is 0 Å². The number of fused-ring (bicyclic) bond motifs is 1. The number of aromatic nitrogens is 1. The summed E-state index contributed by atoms with van der Waals surface area (Å²) in [6, 6.07) is 7.41. The van der Waals surface area contributed by atoms with Gasteiger partial charge in [0.25, 0.3) is 5.91 Å². The smallest absolute Gasteiger partial charge is 0.306 e. The number of hydrogen-bond acceptors (Lipinski definition) is 3. The highest BCUT2D eigenvalue weighted by Crippen LogP contribution is 2.20. The Morgan fingerprint density at radius 1 is 1.38 bits per heavy atom. The Hall–Kier alpha value is -2.34. The molecule has 1 aliphatic rings. The maximum atomic E-state index is 12.7. The van der Waals surface area contributed by atoms with Gasteiger partial charge in [-0.25, -0.2) is 0 Å². The third kappa shape index (κ3) is 2.75. The first kappa shape index (κ1) is 13.6. The number of amides is 1. The van der Waals surface area contributed by atoms with Gasteiger partial charge in [0.2, 0.25) is 0 Å². The van der Waals surface area contributed by atoms with Gasteiger partial charge in [0.1, 0.15) is 0 Å². The second-order valence-corrected chi connectivity index (χ2v) is 5.09. The Morgan fingerprint density at radius 3 is 3.05 bits per heavy atom. The zero-order valence-electron chi connectivity index (χ0n) is 11.4. The number of aliphatic carboxylic acids is 1. The molecule has 2 aromatic rings. The normalized spacial score (nSPS) is 18.9. The molecule has 1 amide bonds. The average Bonchev–Trinajstić information content (AvgIpc) is 2.94. The molecule has 0 spiro atoms. The zero-order chi connectivity index (χ0) is 14.8. The number of morpholine rings is 1. The first-order chi connectivity index (χ1) is 10.1. The van der Waals surface area contributed by atoms with Crippen molar-refractivity contribution in [3.8, 4) is 0 Å². The first-order valence-corrected chi connectivity index (χ1v) is 6.84. The van der Waals surface area contributed by atoms with E-state index in [1.807, 2.05) is 18.2 Å². The number of hydrogen-bond donors (Lipinski definition) is 2. The fourth-order valence-electron chi connectivity index (χ4n) is 2.66. The number of nitrogens with zero attached hydrogens (tertiary/aromatic N) is 1. The summed E-state index contributed by atoms with van der Waals surface area (Å²) in [6.07, 6.45) is 1.28. The lowest BCUT2D eigenvalue weighted by Crippen LogP contribution is -2.46. The summed E-state index contributed by atoms with van der Waals surface area (Å²) >= 11 is 0. The number of carboxylic acids is 1. The van der Waals surface area contributed by atoms with Gasteiger partial charge in [-0.2, -0.15) is 0 Å². The number of carbonyl (C=O) groups excluding carboxylic acids is 1. The van der Waals surface area contributed by atoms with Crippen LogP contribution in [0, 0.1) is 0 Å². The number of ether oxygens (including phenoxy) is 1. The van der Waals surface area contributed by atoms with Crippen molar-refractivity contribution in [3.05, 3.63) is 36.0 Å². The Bertz CT molecular complexity index is 679. The lowest BCUT2D eigenvalue weighted by atomic mass is 10.1. The average molecular weight is 288 g/mol. The number of nitrogens with one attached hydrogen (secondary N) is 1. The van der Waals surface area contributed by atoms with Gasteiger partial charge >= 0.3 is 5.97 Å². The summed E-state index contributed by atoms with van der Waals surface area (Å²) in [7, 11) is 0. The molecule has 110 valence electrons. The van der Waals surface area contributed by atoms with E-state index in [0.717, 1.165) is 10.9 Å². The fourth-order valence-corrected chi connectivity index (χ4v) is 2.66. The van der Waals surface area contributed by atoms with Crippen molar-refractivity contribution in [3.63, 3.8) is 0 Å². The topological polar surface area (TPSA) is 82.6 Å². The first-order valence-electron chi connectivity index (χ1n) is 6.84. The molecule has 0 bridgehead atoms. The molecule has 1 fully saturated rings. The monoisotopic (exact) mass is 288 g/mol. The molecule has 1 unspecified atom stereocenters. The summed E-state index contributed by atoms with van der Waals surface area (Å²) in [6.45, 7) is 1.16. The predicted molar refractivity (Wildman–Crippen MR) is 76.2 cm³/mol. The molecule has 2 N–H and O–H groups in total. The minimum absolute atomic E-state index is 0.0844. The SMILES string of the molecule is O=C(O)CC1CN(C(=O)c2cccc3[nH]ccc23)CCO1. The van der Waals surface area contributed by atoms with Crippen LogP contribution in [0.1, 0.15) is 16.8 Å². The number of aromatic amines is 1. The molecule has 6 nitrogen and oxygen atoms in total. The van der Waals surface area contributed by atoms with Gasteiger partial charge in [-0.1, -0.05) is 6.07 Å². The Kier molecular flexibility index (Phi) is 3.62. The molecule has 21 heavy (non-hydrogen) atoms. The molecule has 2 heterocycles. The van der Waals surface area contributed by atoms with Crippen LogP contribution in [0.25, 0.3) is 10.9 Å². The van der Waals surface area contributed by atoms with Gasteiger partial charge in [-0.05, 0) is 18.2 Å². The number of rotatable bonds is 3. The highest BCUT2D eigenvalue weighted by molar-refractivity contribution is 6.06. The summed E-state index contributed by atoms with van der Waals surface area (Å²) in [5.41, 5.74) is 1.54. The Morgan fingerprint density at radius 2 is 2.24 bits per heavy atom. The van der Waals surface area contributed by atoms with Gasteiger partial charge in [0.05, 0.1) is 19.1 Å². The van der Waals surface area contributed by atoms with Gasteiger partial charge < -0.3 is 19.7 Å². The van der Waals surface area contributed by atoms with Gasteiger partial charge in [0, 0.05) is 35.8 Å². The van der Waals surface area contributed by atoms with Crippen LogP contribution < -0.4 is 0 Å². The fraction of sp³-hybridized carbons (Fsp3) is 0.333. The third-order valence-electron chi connectivity index (χ3n) is 3.65. The molecular weight excluding hydrogens is 272 g/mol. The summed E-state index contributed by atoms with van der Waals surface area (Å²) in [5, 5.41) is 9.71. The number of benzene rings is 1. The largest absolute Gasteiger partial charge is 0.481 e. The molecule has 1 aliphatic heterocycles. The molecule has 1 saturated heterocycles. The van der Waals surface area contributed by atoms with Crippen LogP contribution in [0.5, 0.6) is 0 Å². The maximum absolute atomic E-state index is 12.7. The molecule has 0 aliphatic carbocycles. The van der Waals surface area contributed by atoms with Crippen molar-refractivity contribution in [2.45, 2.75) is 12.5 Å². The molecular formula is C15H16N2O4. The highest BCUT2D eigenvalue weighted by atomic mass is 16.5. The van der Waals surface area contributed by atoms with E-state index in [2.05, 4.69) is 4.98 Å². The summed E-state index contributed by atoms with van der Waals surface area (Å²) in [5.74, 6) is -0.999. The minimum Gasteiger partial charge on any atom is -0.481 e. The van der Waals surface area contributed by atoms with Crippen LogP contribution >= 0.6 is 0 Å². The van der Waals surface area contributed by atoms with Crippen LogP contribution in [0.4, 0.5) is 0 Å². The Balaban J connectivity index is 1.81. The number of carboxylic acid groups (broad SMARTS) is 1. The minimum atomic E-state index is -0.915. The van der Waals surface area contributed by atoms with Crippen molar-refractivity contribution in [2.24, 2.45) is 0 Å². The molecule has 6 heteroatoms. The lowest BCUT2D eigenvalue weighted by molar-refractivity contribution is -0.141. The molecule has 1 aromatic heterocycles. The number of H-pyrrole nitrogens is 1. The van der Waals surface area contributed by atoms with Crippen molar-refractivity contribution < 1.29 is 19.4 Å². The third-order valence-corrected chi connectivity index (χ3v) is 3.65. The molecule has 1 atom stereocenters. The predicted octanol–water partition coefficient (Wildman–Crippen LogP) is 1.48. The highest BCUT2D eigenvalue weighted by Gasteiger charge is 2.27. The van der Waals surface area contributed by atoms with E-state index >= 15 is 0 Å². The van der Waals surface area contributed by atoms with E-state index in [-0.39, 0.29) is 12.3 Å². The van der Waals surface area contributed by atoms with Crippen molar-refractivity contribution >= 4 is 22.8 Å². The van der Waals surface area contributed by atoms with Crippen LogP contribution in [-0.4, -0.2) is 52.7 Å². The second-order valence-electron chi connectivity index (χ2n) is 5.09. The quantitative estimate of drug-likeness (QED) is 0.896. The van der Waals surface area contributed by atoms with E-state index < -0.39 is 12.1 Å². The van der Waals surface area contributed by atoms with E-state index in [0.29, 0.717) is 25.3 Å². The second kappa shape index (κ2) is 5.57. The number of carbonyl (C=O) groups is 2. The van der Waals surface area contributed by atoms with Gasteiger partial charge in [-0.15, -0.1) is 0 Å². The summed E-state index contributed by atoms with van der Waals surface area (Å²) in [4.78, 5) is 28.2. The lowest BCUT2D eigenvalue weighted by Gasteiger charge is -2.32. The van der Waals surface area contributed by atoms with Gasteiger partial charge in [-0.3, -0.25) is 9.59 Å². The van der Waals surface area contributed by atoms with Crippen LogP contribution in [-0.2, 0) is 9.53 Å². The van der Waals surface area contributed by atoms with Gasteiger partial charge in [0.15, 0.2) is 0 Å². The van der Waals surface area contributed by atoms with E-state index in [9.17, 15) is 9.59 Å². The van der Waals surface area contributed by atoms with E-state index in [1.54, 1.807) is 17.2 Å². The molecule has 0 radical (unpaired) electrons. The van der Waals surface area contributed by atoms with Crippen molar-refractivity contribution in [2.75, 3.05) is 19.7 Å². The Labute approximate surface area is 121 Å².